The number of nitrogens with two attached hydrogens (primary N) is 1. The Bertz CT molecular complexity index is 1230. The van der Waals surface area contributed by atoms with Crippen molar-refractivity contribution in [3.8, 4) is 0 Å². The number of rotatable bonds is 9. The average molecular weight is 528 g/mol. The number of nitrogens with one attached hydrogen (secondary N) is 3. The highest BCUT2D eigenvalue weighted by Gasteiger charge is 2.24. The molecule has 0 bridgehead atoms. The minimum Gasteiger partial charge on any atom is -0.370 e. The monoisotopic (exact) mass is 527 g/mol. The molecule has 0 radical (unpaired) electrons. The molecule has 5 N–H and O–H groups in total. The van der Waals surface area contributed by atoms with E-state index in [4.69, 9.17) is 5.73 Å². The van der Waals surface area contributed by atoms with E-state index in [1.807, 2.05) is 63.2 Å². The minimum atomic E-state index is -3.58. The molecule has 0 saturated heterocycles. The molecule has 1 saturated carbocycles. The number of hydrogen-bond acceptors (Lipinski definition) is 5. The normalized spacial score (nSPS) is 19.2. The van der Waals surface area contributed by atoms with Gasteiger partial charge in [-0.3, -0.25) is 10.3 Å². The zero-order chi connectivity index (χ0) is 27.0. The van der Waals surface area contributed by atoms with Gasteiger partial charge in [0, 0.05) is 38.6 Å². The molecule has 0 spiro atoms. The molecule has 0 unspecified atom stereocenters. The zero-order valence-corrected chi connectivity index (χ0v) is 23.2. The highest BCUT2D eigenvalue weighted by molar-refractivity contribution is 7.89. The van der Waals surface area contributed by atoms with Crippen LogP contribution in [0.2, 0.25) is 0 Å². The molecule has 2 aromatic rings. The summed E-state index contributed by atoms with van der Waals surface area (Å²) in [6, 6.07) is 13.0. The van der Waals surface area contributed by atoms with Gasteiger partial charge in [-0.05, 0) is 62.8 Å². The molecule has 0 amide bonds. The predicted molar refractivity (Wildman–Crippen MR) is 153 cm³/mol. The highest BCUT2D eigenvalue weighted by atomic mass is 32.2. The third-order valence-electron chi connectivity index (χ3n) is 6.52. The summed E-state index contributed by atoms with van der Waals surface area (Å²) in [4.78, 5) is 11.2. The number of aliphatic imine (C=N–C) groups is 2. The maximum absolute atomic E-state index is 13.0. The summed E-state index contributed by atoms with van der Waals surface area (Å²) in [6.07, 6.45) is 3.88. The number of nitrogens with zero attached hydrogens (tertiary/aromatic N) is 3. The second kappa shape index (κ2) is 12.9. The lowest BCUT2D eigenvalue weighted by Crippen LogP contribution is -2.46. The molecule has 1 aliphatic rings. The van der Waals surface area contributed by atoms with Crippen LogP contribution in [0.25, 0.3) is 10.8 Å². The van der Waals surface area contributed by atoms with Crippen molar-refractivity contribution in [1.82, 2.24) is 20.3 Å². The Morgan fingerprint density at radius 1 is 1.05 bits per heavy atom. The van der Waals surface area contributed by atoms with E-state index >= 15 is 0 Å². The standard InChI is InChI=1S/C27H41N7O2S/c1-19(2)31-27(32-20(3)34(4)5)33-26(28)29-17-21-13-15-22(16-14-21)18-30-37(35,36)25-12-8-10-23-9-6-7-11-24(23)25/h6-12,19,21-22,30H,3,13-18H2,1-2,4-5H3,(H4,28,29,31,32,33). The molecule has 37 heavy (non-hydrogen) atoms. The number of fused-ring (bicyclic) bond motifs is 1. The third-order valence-corrected chi connectivity index (χ3v) is 8.01. The summed E-state index contributed by atoms with van der Waals surface area (Å²) < 4.78 is 28.9. The van der Waals surface area contributed by atoms with E-state index in [-0.39, 0.29) is 6.04 Å². The first kappa shape index (κ1) is 28.5. The fraction of sp³-hybridized carbons (Fsp3) is 0.481. The lowest BCUT2D eigenvalue weighted by atomic mass is 9.82. The summed E-state index contributed by atoms with van der Waals surface area (Å²) in [5.74, 6) is 2.24. The van der Waals surface area contributed by atoms with Crippen molar-refractivity contribution in [2.75, 3.05) is 27.2 Å². The van der Waals surface area contributed by atoms with Gasteiger partial charge < -0.3 is 16.0 Å². The van der Waals surface area contributed by atoms with Crippen molar-refractivity contribution in [1.29, 1.82) is 0 Å². The number of sulfonamides is 1. The van der Waals surface area contributed by atoms with Crippen LogP contribution in [0.5, 0.6) is 0 Å². The Kier molecular flexibility index (Phi) is 9.93. The van der Waals surface area contributed by atoms with E-state index in [1.54, 1.807) is 12.1 Å². The first-order valence-electron chi connectivity index (χ1n) is 12.8. The quantitative estimate of drug-likeness (QED) is 0.293. The number of hydrogen-bond donors (Lipinski definition) is 4. The molecule has 0 atom stereocenters. The summed E-state index contributed by atoms with van der Waals surface area (Å²) in [6.45, 7) is 9.00. The van der Waals surface area contributed by atoms with Crippen molar-refractivity contribution in [3.05, 3.63) is 54.9 Å². The molecule has 202 valence electrons. The fourth-order valence-corrected chi connectivity index (χ4v) is 5.69. The molecule has 3 rings (SSSR count). The largest absolute Gasteiger partial charge is 0.370 e. The van der Waals surface area contributed by atoms with Gasteiger partial charge in [0.2, 0.25) is 16.0 Å². The highest BCUT2D eigenvalue weighted by Crippen LogP contribution is 2.29. The van der Waals surface area contributed by atoms with E-state index in [0.717, 1.165) is 36.5 Å². The predicted octanol–water partition coefficient (Wildman–Crippen LogP) is 3.22. The second-order valence-corrected chi connectivity index (χ2v) is 11.8. The second-order valence-electron chi connectivity index (χ2n) is 10.1. The average Bonchev–Trinajstić information content (AvgIpc) is 2.86. The van der Waals surface area contributed by atoms with E-state index in [1.165, 1.54) is 0 Å². The summed E-state index contributed by atoms with van der Waals surface area (Å²) >= 11 is 0. The van der Waals surface area contributed by atoms with E-state index in [2.05, 4.69) is 31.9 Å². The van der Waals surface area contributed by atoms with Crippen LogP contribution >= 0.6 is 0 Å². The van der Waals surface area contributed by atoms with Crippen molar-refractivity contribution in [3.63, 3.8) is 0 Å². The topological polar surface area (TPSA) is 124 Å². The van der Waals surface area contributed by atoms with Gasteiger partial charge in [-0.15, -0.1) is 0 Å². The fourth-order valence-electron chi connectivity index (χ4n) is 4.34. The lowest BCUT2D eigenvalue weighted by Gasteiger charge is -2.27. The maximum atomic E-state index is 13.0. The van der Waals surface area contributed by atoms with Crippen LogP contribution in [0.15, 0.2) is 69.7 Å². The summed E-state index contributed by atoms with van der Waals surface area (Å²) in [7, 11) is 0.208. The van der Waals surface area contributed by atoms with Gasteiger partial charge in [0.05, 0.1) is 4.90 Å². The van der Waals surface area contributed by atoms with Crippen LogP contribution in [0.3, 0.4) is 0 Å². The van der Waals surface area contributed by atoms with Crippen molar-refractivity contribution < 1.29 is 8.42 Å². The van der Waals surface area contributed by atoms with E-state index < -0.39 is 10.0 Å². The van der Waals surface area contributed by atoms with Gasteiger partial charge in [0.25, 0.3) is 0 Å². The molecular weight excluding hydrogens is 486 g/mol. The van der Waals surface area contributed by atoms with Crippen molar-refractivity contribution in [2.24, 2.45) is 27.6 Å². The van der Waals surface area contributed by atoms with Gasteiger partial charge in [0.1, 0.15) is 5.82 Å². The summed E-state index contributed by atoms with van der Waals surface area (Å²) in [5.41, 5.74) is 6.14. The van der Waals surface area contributed by atoms with Crippen molar-refractivity contribution in [2.45, 2.75) is 50.5 Å². The molecule has 0 heterocycles. The van der Waals surface area contributed by atoms with Gasteiger partial charge >= 0.3 is 0 Å². The Morgan fingerprint density at radius 3 is 2.38 bits per heavy atom. The Hall–Kier alpha value is -3.11. The van der Waals surface area contributed by atoms with Crippen LogP contribution < -0.4 is 21.1 Å². The first-order valence-corrected chi connectivity index (χ1v) is 14.3. The number of benzene rings is 2. The van der Waals surface area contributed by atoms with Crippen LogP contribution in [0.1, 0.15) is 39.5 Å². The van der Waals surface area contributed by atoms with Gasteiger partial charge in [-0.2, -0.15) is 0 Å². The van der Waals surface area contributed by atoms with E-state index in [9.17, 15) is 8.42 Å². The van der Waals surface area contributed by atoms with Gasteiger partial charge in [0.15, 0.2) is 5.96 Å². The van der Waals surface area contributed by atoms with Crippen molar-refractivity contribution >= 4 is 32.7 Å². The molecule has 0 aliphatic heterocycles. The SMILES string of the molecule is C=C(NC(=NC(C)C)NC(N)=NCC1CCC(CNS(=O)(=O)c2cccc3ccccc23)CC1)N(C)C. The lowest BCUT2D eigenvalue weighted by molar-refractivity contribution is 0.280. The first-order chi connectivity index (χ1) is 17.5. The van der Waals surface area contributed by atoms with E-state index in [0.29, 0.717) is 47.6 Å². The Morgan fingerprint density at radius 2 is 1.70 bits per heavy atom. The smallest absolute Gasteiger partial charge is 0.241 e. The Labute approximate surface area is 221 Å². The minimum absolute atomic E-state index is 0.0751. The molecular formula is C27H41N7O2S. The van der Waals surface area contributed by atoms with Gasteiger partial charge in [-0.25, -0.2) is 18.1 Å². The number of guanidine groups is 2. The molecule has 1 aliphatic carbocycles. The van der Waals surface area contributed by atoms with Gasteiger partial charge in [-0.1, -0.05) is 43.0 Å². The third kappa shape index (κ3) is 8.46. The Balaban J connectivity index is 1.49. The zero-order valence-electron chi connectivity index (χ0n) is 22.4. The maximum Gasteiger partial charge on any atom is 0.241 e. The molecule has 2 aromatic carbocycles. The van der Waals surface area contributed by atoms with Crippen LogP contribution in [0, 0.1) is 11.8 Å². The molecule has 9 nitrogen and oxygen atoms in total. The van der Waals surface area contributed by atoms with Crippen LogP contribution in [-0.2, 0) is 10.0 Å². The summed E-state index contributed by atoms with van der Waals surface area (Å²) in [5, 5.41) is 7.84. The van der Waals surface area contributed by atoms with Crippen LogP contribution in [0.4, 0.5) is 0 Å². The molecule has 1 fully saturated rings. The molecule has 10 heteroatoms. The molecule has 0 aromatic heterocycles. The van der Waals surface area contributed by atoms with Crippen LogP contribution in [-0.4, -0.2) is 58.5 Å².